The fraction of sp³-hybridized carbons (Fsp3) is 0.160. The van der Waals surface area contributed by atoms with Gasteiger partial charge in [-0.25, -0.2) is 9.69 Å². The molecule has 0 spiro atoms. The Morgan fingerprint density at radius 3 is 2.39 bits per heavy atom. The van der Waals surface area contributed by atoms with Crippen LogP contribution in [0.1, 0.15) is 29.4 Å². The molecule has 0 radical (unpaired) electrons. The Hall–Kier alpha value is -3.35. The summed E-state index contributed by atoms with van der Waals surface area (Å²) in [6.45, 7) is 5.98. The fourth-order valence-electron chi connectivity index (χ4n) is 4.03. The molecule has 2 aromatic carbocycles. The van der Waals surface area contributed by atoms with Crippen LogP contribution in [0.2, 0.25) is 10.0 Å². The summed E-state index contributed by atoms with van der Waals surface area (Å²) in [7, 11) is 0. The molecule has 33 heavy (non-hydrogen) atoms. The van der Waals surface area contributed by atoms with E-state index in [-0.39, 0.29) is 16.3 Å². The van der Waals surface area contributed by atoms with Crippen molar-refractivity contribution in [2.24, 2.45) is 0 Å². The van der Waals surface area contributed by atoms with Gasteiger partial charge in [0.1, 0.15) is 5.57 Å². The first-order chi connectivity index (χ1) is 15.7. The van der Waals surface area contributed by atoms with Gasteiger partial charge in [-0.3, -0.25) is 14.9 Å². The van der Waals surface area contributed by atoms with Gasteiger partial charge in [0.15, 0.2) is 0 Å². The highest BCUT2D eigenvalue weighted by molar-refractivity contribution is 6.42. The number of para-hydroxylation sites is 1. The van der Waals surface area contributed by atoms with Crippen molar-refractivity contribution in [3.05, 3.63) is 86.7 Å². The molecule has 2 heterocycles. The number of anilines is 1. The minimum Gasteiger partial charge on any atom is -0.318 e. The molecule has 1 saturated heterocycles. The second-order valence-electron chi connectivity index (χ2n) is 7.70. The van der Waals surface area contributed by atoms with Crippen LogP contribution in [0.3, 0.4) is 0 Å². The summed E-state index contributed by atoms with van der Waals surface area (Å²) >= 11 is 12.2. The molecule has 0 unspecified atom stereocenters. The van der Waals surface area contributed by atoms with Crippen molar-refractivity contribution >= 4 is 52.8 Å². The van der Waals surface area contributed by atoms with Gasteiger partial charge in [-0.15, -0.1) is 0 Å². The first kappa shape index (κ1) is 22.8. The number of urea groups is 1. The second kappa shape index (κ2) is 8.89. The van der Waals surface area contributed by atoms with Crippen molar-refractivity contribution in [2.75, 3.05) is 4.90 Å². The van der Waals surface area contributed by atoms with Crippen molar-refractivity contribution in [2.45, 2.75) is 27.2 Å². The number of carbonyl (C=O) groups is 3. The number of imide groups is 2. The number of hydrogen-bond acceptors (Lipinski definition) is 3. The predicted molar refractivity (Wildman–Crippen MR) is 130 cm³/mol. The fourth-order valence-corrected chi connectivity index (χ4v) is 4.52. The molecule has 1 aliphatic heterocycles. The molecule has 0 saturated carbocycles. The largest absolute Gasteiger partial charge is 0.335 e. The van der Waals surface area contributed by atoms with Crippen molar-refractivity contribution in [1.82, 2.24) is 9.88 Å². The average Bonchev–Trinajstić information content (AvgIpc) is 3.05. The molecule has 3 aromatic rings. The summed E-state index contributed by atoms with van der Waals surface area (Å²) in [5, 5.41) is 2.70. The van der Waals surface area contributed by atoms with Gasteiger partial charge in [0.05, 0.1) is 10.7 Å². The molecule has 1 fully saturated rings. The molecule has 0 atom stereocenters. The van der Waals surface area contributed by atoms with Crippen LogP contribution in [-0.4, -0.2) is 22.4 Å². The van der Waals surface area contributed by atoms with E-state index in [1.54, 1.807) is 0 Å². The molecule has 4 rings (SSSR count). The summed E-state index contributed by atoms with van der Waals surface area (Å²) in [5.74, 6) is -1.52. The molecule has 168 valence electrons. The molecule has 1 N–H and O–H groups in total. The Balaban J connectivity index is 1.79. The van der Waals surface area contributed by atoms with Crippen LogP contribution in [0.25, 0.3) is 11.8 Å². The van der Waals surface area contributed by atoms with Gasteiger partial charge in [-0.05, 0) is 67.8 Å². The van der Waals surface area contributed by atoms with E-state index in [0.717, 1.165) is 28.4 Å². The van der Waals surface area contributed by atoms with Gasteiger partial charge in [0, 0.05) is 22.1 Å². The smallest absolute Gasteiger partial charge is 0.318 e. The molecular formula is C25H21Cl2N3O3. The summed E-state index contributed by atoms with van der Waals surface area (Å²) in [6, 6.07) is 13.5. The summed E-state index contributed by atoms with van der Waals surface area (Å²) < 4.78 is 2.09. The zero-order valence-electron chi connectivity index (χ0n) is 18.3. The van der Waals surface area contributed by atoms with Crippen molar-refractivity contribution in [3.63, 3.8) is 0 Å². The maximum Gasteiger partial charge on any atom is 0.335 e. The Kier molecular flexibility index (Phi) is 6.15. The summed E-state index contributed by atoms with van der Waals surface area (Å²) in [4.78, 5) is 39.2. The highest BCUT2D eigenvalue weighted by Gasteiger charge is 2.38. The third kappa shape index (κ3) is 4.08. The number of aromatic nitrogens is 1. The van der Waals surface area contributed by atoms with Crippen LogP contribution in [0.15, 0.2) is 54.1 Å². The molecule has 1 aromatic heterocycles. The number of amides is 4. The minimum atomic E-state index is -0.867. The number of halogens is 2. The topological polar surface area (TPSA) is 71.4 Å². The normalized spacial score (nSPS) is 15.4. The number of barbiturate groups is 1. The predicted octanol–water partition coefficient (Wildman–Crippen LogP) is 5.63. The van der Waals surface area contributed by atoms with Crippen molar-refractivity contribution in [1.29, 1.82) is 0 Å². The molecule has 0 bridgehead atoms. The van der Waals surface area contributed by atoms with Gasteiger partial charge >= 0.3 is 6.03 Å². The second-order valence-corrected chi connectivity index (χ2v) is 8.54. The van der Waals surface area contributed by atoms with Crippen LogP contribution in [0.5, 0.6) is 0 Å². The molecule has 0 aliphatic carbocycles. The first-order valence-corrected chi connectivity index (χ1v) is 11.1. The van der Waals surface area contributed by atoms with E-state index in [4.69, 9.17) is 23.2 Å². The highest BCUT2D eigenvalue weighted by atomic mass is 35.5. The van der Waals surface area contributed by atoms with E-state index < -0.39 is 17.8 Å². The van der Waals surface area contributed by atoms with Crippen LogP contribution in [-0.2, 0) is 16.0 Å². The van der Waals surface area contributed by atoms with Gasteiger partial charge in [-0.2, -0.15) is 0 Å². The summed E-state index contributed by atoms with van der Waals surface area (Å²) in [5.41, 5.74) is 4.73. The monoisotopic (exact) mass is 481 g/mol. The number of hydrogen-bond donors (Lipinski definition) is 1. The maximum absolute atomic E-state index is 13.2. The number of nitrogens with one attached hydrogen (secondary N) is 1. The van der Waals surface area contributed by atoms with Gasteiger partial charge in [0.25, 0.3) is 11.8 Å². The number of aryl methyl sites for hydroxylation is 2. The third-order valence-corrected chi connectivity index (χ3v) is 6.17. The Morgan fingerprint density at radius 2 is 1.70 bits per heavy atom. The Bertz CT molecular complexity index is 1340. The molecule has 8 heteroatoms. The molecular weight excluding hydrogens is 461 g/mol. The zero-order chi connectivity index (χ0) is 23.9. The lowest BCUT2D eigenvalue weighted by Gasteiger charge is -2.27. The lowest BCUT2D eigenvalue weighted by Crippen LogP contribution is -2.54. The average molecular weight is 482 g/mol. The van der Waals surface area contributed by atoms with E-state index in [1.807, 2.05) is 38.1 Å². The zero-order valence-corrected chi connectivity index (χ0v) is 19.8. The lowest BCUT2D eigenvalue weighted by atomic mass is 10.1. The van der Waals surface area contributed by atoms with E-state index in [2.05, 4.69) is 22.9 Å². The first-order valence-electron chi connectivity index (χ1n) is 10.4. The van der Waals surface area contributed by atoms with Crippen LogP contribution >= 0.6 is 23.2 Å². The molecule has 4 amide bonds. The SMILES string of the molecule is CCc1ccccc1-n1c(C)cc(/C=C2\C(=O)NC(=O)N(c3ccc(Cl)cc3Cl)C2=O)c1C. The van der Waals surface area contributed by atoms with Gasteiger partial charge in [-0.1, -0.05) is 48.3 Å². The Morgan fingerprint density at radius 1 is 0.970 bits per heavy atom. The van der Waals surface area contributed by atoms with Gasteiger partial charge < -0.3 is 4.57 Å². The Labute approximate surface area is 201 Å². The van der Waals surface area contributed by atoms with Crippen LogP contribution in [0, 0.1) is 13.8 Å². The highest BCUT2D eigenvalue weighted by Crippen LogP contribution is 2.32. The minimum absolute atomic E-state index is 0.119. The van der Waals surface area contributed by atoms with E-state index in [9.17, 15) is 14.4 Å². The molecule has 6 nitrogen and oxygen atoms in total. The number of nitrogens with zero attached hydrogens (tertiary/aromatic N) is 2. The van der Waals surface area contributed by atoms with Gasteiger partial charge in [0.2, 0.25) is 0 Å². The van der Waals surface area contributed by atoms with E-state index in [0.29, 0.717) is 10.6 Å². The maximum atomic E-state index is 13.2. The quantitative estimate of drug-likeness (QED) is 0.387. The van der Waals surface area contributed by atoms with Crippen molar-refractivity contribution < 1.29 is 14.4 Å². The van der Waals surface area contributed by atoms with Crippen molar-refractivity contribution in [3.8, 4) is 5.69 Å². The van der Waals surface area contributed by atoms with Crippen LogP contribution in [0.4, 0.5) is 10.5 Å². The number of benzene rings is 2. The van der Waals surface area contributed by atoms with Crippen LogP contribution < -0.4 is 10.2 Å². The van der Waals surface area contributed by atoms with E-state index >= 15 is 0 Å². The number of carbonyl (C=O) groups excluding carboxylic acids is 3. The summed E-state index contributed by atoms with van der Waals surface area (Å²) in [6.07, 6.45) is 2.37. The lowest BCUT2D eigenvalue weighted by molar-refractivity contribution is -0.122. The standard InChI is InChI=1S/C25H21Cl2N3O3/c1-4-16-7-5-6-8-21(16)29-14(2)11-17(15(29)3)12-19-23(31)28-25(33)30(24(19)32)22-10-9-18(26)13-20(22)27/h5-13H,4H2,1-3H3,(H,28,31,33)/b19-12+. The third-order valence-electron chi connectivity index (χ3n) is 5.64. The van der Waals surface area contributed by atoms with E-state index in [1.165, 1.54) is 29.8 Å². The number of rotatable bonds is 4. The molecule has 1 aliphatic rings.